The van der Waals surface area contributed by atoms with Crippen LogP contribution in [0.15, 0.2) is 192 Å². The second-order valence-corrected chi connectivity index (χ2v) is 21.5. The summed E-state index contributed by atoms with van der Waals surface area (Å²) < 4.78 is 79.6. The van der Waals surface area contributed by atoms with Crippen molar-refractivity contribution in [3.8, 4) is 17.2 Å². The van der Waals surface area contributed by atoms with Crippen LogP contribution in [0.3, 0.4) is 0 Å². The molecule has 5 aromatic carbocycles. The largest absolute Gasteiger partial charge is 0.497 e. The number of β-lactam (4-membered cyclic amide) rings is 1. The minimum absolute atomic E-state index is 0.00750. The summed E-state index contributed by atoms with van der Waals surface area (Å²) in [5.41, 5.74) is 3.05. The van der Waals surface area contributed by atoms with Gasteiger partial charge in [0.25, 0.3) is 17.5 Å². The molecule has 19 nitrogen and oxygen atoms in total. The standard InChI is InChI=1S/C64H61F2N7O12S2/c1-77-32-34-80-41-83-57-50(65)36-45(53(66)58(57)84-42-81-35-33-78-2)38-85-70-54(51-40-87-63(67-51)69-64(46-17-7-4-8-18-46,47-19-9-5-10-20-47)48-21-11-6-12-22-48)59(74)68-55-60(75)73-56(62(76)82-37-43-24-26-49(79-3)27-25-43)44(39-86-61(55)73)16-15-29-72-31-30-71-28-14-13-23-52(71)72/h4-28,30-31,36,40,55,61H,29,32-35,37-39,41-42H2,1-3H3,(H-,67,68,69,74)/p+1. The Morgan fingerprint density at radius 3 is 2.08 bits per heavy atom. The Balaban J connectivity index is 0.963. The molecule has 2 atom stereocenters. The molecule has 2 amide bonds. The molecule has 8 aromatic rings. The molecule has 1 saturated heterocycles. The van der Waals surface area contributed by atoms with E-state index in [9.17, 15) is 14.4 Å². The summed E-state index contributed by atoms with van der Waals surface area (Å²) in [6.07, 6.45) is 9.54. The van der Waals surface area contributed by atoms with E-state index in [0.29, 0.717) is 28.6 Å². The van der Waals surface area contributed by atoms with Crippen LogP contribution in [0.5, 0.6) is 17.2 Å². The molecule has 0 aliphatic carbocycles. The van der Waals surface area contributed by atoms with Gasteiger partial charge in [-0.1, -0.05) is 120 Å². The summed E-state index contributed by atoms with van der Waals surface area (Å²) in [7, 11) is 4.52. The molecule has 2 N–H and O–H groups in total. The van der Waals surface area contributed by atoms with Crippen molar-refractivity contribution in [3.63, 3.8) is 0 Å². The predicted molar refractivity (Wildman–Crippen MR) is 321 cm³/mol. The molecule has 2 unspecified atom stereocenters. The number of anilines is 1. The molecule has 3 aromatic heterocycles. The summed E-state index contributed by atoms with van der Waals surface area (Å²) in [5.74, 6) is -4.69. The number of hydrogen-bond acceptors (Lipinski definition) is 17. The first-order chi connectivity index (χ1) is 42.6. The van der Waals surface area contributed by atoms with Crippen molar-refractivity contribution in [2.45, 2.75) is 36.7 Å². The number of aromatic nitrogens is 3. The highest BCUT2D eigenvalue weighted by molar-refractivity contribution is 8.00. The first kappa shape index (κ1) is 61.1. The number of thiazole rings is 1. The predicted octanol–water partition coefficient (Wildman–Crippen LogP) is 8.95. The van der Waals surface area contributed by atoms with Crippen LogP contribution in [0.2, 0.25) is 0 Å². The Morgan fingerprint density at radius 1 is 0.793 bits per heavy atom. The number of esters is 1. The van der Waals surface area contributed by atoms with Crippen molar-refractivity contribution >= 4 is 57.4 Å². The number of halogens is 2. The highest BCUT2D eigenvalue weighted by Gasteiger charge is 2.54. The van der Waals surface area contributed by atoms with Gasteiger partial charge in [-0.3, -0.25) is 14.5 Å². The molecule has 0 spiro atoms. The van der Waals surface area contributed by atoms with Crippen LogP contribution in [-0.2, 0) is 68.2 Å². The smallest absolute Gasteiger partial charge is 0.355 e. The molecule has 10 rings (SSSR count). The SMILES string of the molecule is COCCOCOc1c(F)cc(CON=C(C(=O)NC2C(=O)N3C(C(=O)OCc4ccc(OC)cc4)=C(C=CC[n+]4ccn5ccccc54)CSC23)c2csc(NC(c3ccccc3)(c3ccccc3)c3ccccc3)n2)c(F)c1OCOCCOC. The molecule has 5 heterocycles. The molecule has 23 heteroatoms. The normalized spacial score (nSPS) is 15.1. The monoisotopic (exact) mass is 1220 g/mol. The van der Waals surface area contributed by atoms with E-state index in [2.05, 4.69) is 15.8 Å². The lowest BCUT2D eigenvalue weighted by atomic mass is 9.77. The Hall–Kier alpha value is -8.97. The van der Waals surface area contributed by atoms with Gasteiger partial charge in [0.05, 0.1) is 39.7 Å². The fourth-order valence-electron chi connectivity index (χ4n) is 9.78. The Labute approximate surface area is 508 Å². The summed E-state index contributed by atoms with van der Waals surface area (Å²) in [5, 5.41) is 12.0. The van der Waals surface area contributed by atoms with E-state index >= 15 is 8.78 Å². The average Bonchev–Trinajstić information content (AvgIpc) is 1.95. The van der Waals surface area contributed by atoms with Crippen molar-refractivity contribution < 1.29 is 70.5 Å². The van der Waals surface area contributed by atoms with E-state index < -0.39 is 83.8 Å². The van der Waals surface area contributed by atoms with Crippen LogP contribution in [0.25, 0.3) is 5.65 Å². The van der Waals surface area contributed by atoms with Gasteiger partial charge in [-0.2, -0.15) is 0 Å². The summed E-state index contributed by atoms with van der Waals surface area (Å²) in [4.78, 5) is 56.0. The van der Waals surface area contributed by atoms with E-state index in [0.717, 1.165) is 28.4 Å². The lowest BCUT2D eigenvalue weighted by Crippen LogP contribution is -2.71. The lowest BCUT2D eigenvalue weighted by molar-refractivity contribution is -0.660. The summed E-state index contributed by atoms with van der Waals surface area (Å²) in [6, 6.07) is 42.0. The molecular formula is C64H62F2N7O12S2+. The number of thioether (sulfide) groups is 1. The van der Waals surface area contributed by atoms with Gasteiger partial charge < -0.3 is 53.4 Å². The summed E-state index contributed by atoms with van der Waals surface area (Å²) in [6.45, 7) is -0.724. The van der Waals surface area contributed by atoms with Crippen molar-refractivity contribution in [2.75, 3.05) is 72.4 Å². The van der Waals surface area contributed by atoms with E-state index in [1.807, 2.05) is 149 Å². The molecule has 2 aliphatic rings. The molecule has 1 fully saturated rings. The van der Waals surface area contributed by atoms with Gasteiger partial charge in [0, 0.05) is 37.0 Å². The number of hydrogen-bond donors (Lipinski definition) is 2. The minimum atomic E-state index is -1.19. The number of ether oxygens (including phenoxy) is 8. The quantitative estimate of drug-likeness (QED) is 0.00633. The number of imidazole rings is 1. The number of pyridine rings is 1. The third kappa shape index (κ3) is 14.2. The Bertz CT molecular complexity index is 3650. The number of carbonyl (C=O) groups is 3. The Morgan fingerprint density at radius 2 is 1.44 bits per heavy atom. The number of allylic oxidation sites excluding steroid dienone is 2. The van der Waals surface area contributed by atoms with Crippen molar-refractivity contribution in [1.29, 1.82) is 0 Å². The highest BCUT2D eigenvalue weighted by atomic mass is 32.2. The fraction of sp³-hybridized carbons (Fsp3) is 0.250. The Kier molecular flexibility index (Phi) is 20.7. The van der Waals surface area contributed by atoms with Crippen molar-refractivity contribution in [1.82, 2.24) is 19.6 Å². The zero-order valence-corrected chi connectivity index (χ0v) is 49.3. The van der Waals surface area contributed by atoms with Gasteiger partial charge in [0.15, 0.2) is 36.1 Å². The number of nitrogens with one attached hydrogen (secondary N) is 2. The van der Waals surface area contributed by atoms with Gasteiger partial charge in [0.2, 0.25) is 11.5 Å². The van der Waals surface area contributed by atoms with Crippen molar-refractivity contribution in [2.24, 2.45) is 5.16 Å². The second kappa shape index (κ2) is 29.4. The molecule has 0 saturated carbocycles. The van der Waals surface area contributed by atoms with Gasteiger partial charge in [0.1, 0.15) is 66.2 Å². The van der Waals surface area contributed by atoms with E-state index in [1.54, 1.807) is 36.8 Å². The van der Waals surface area contributed by atoms with Gasteiger partial charge in [-0.05, 0) is 58.2 Å². The number of fused-ring (bicyclic) bond motifs is 2. The third-order valence-corrected chi connectivity index (χ3v) is 16.2. The fourth-order valence-corrected chi connectivity index (χ4v) is 11.8. The maximum Gasteiger partial charge on any atom is 0.355 e. The van der Waals surface area contributed by atoms with Crippen LogP contribution in [-0.4, -0.2) is 116 Å². The number of carbonyl (C=O) groups excluding carboxylic acids is 3. The van der Waals surface area contributed by atoms with Gasteiger partial charge in [-0.25, -0.2) is 27.5 Å². The van der Waals surface area contributed by atoms with Gasteiger partial charge >= 0.3 is 5.97 Å². The maximum absolute atomic E-state index is 16.6. The number of benzene rings is 5. The number of nitrogens with zero attached hydrogens (tertiary/aromatic N) is 5. The van der Waals surface area contributed by atoms with Crippen LogP contribution in [0, 0.1) is 11.6 Å². The zero-order valence-electron chi connectivity index (χ0n) is 47.7. The number of methoxy groups -OCH3 is 3. The number of rotatable bonds is 30. The first-order valence-electron chi connectivity index (χ1n) is 27.5. The van der Waals surface area contributed by atoms with Crippen LogP contribution in [0.1, 0.15) is 33.5 Å². The summed E-state index contributed by atoms with van der Waals surface area (Å²) >= 11 is 2.51. The van der Waals surface area contributed by atoms with Crippen molar-refractivity contribution in [3.05, 3.63) is 232 Å². The van der Waals surface area contributed by atoms with E-state index in [-0.39, 0.29) is 55.7 Å². The third-order valence-electron chi connectivity index (χ3n) is 14.1. The number of amides is 2. The molecular weight excluding hydrogens is 1160 g/mol. The average molecular weight is 1220 g/mol. The zero-order chi connectivity index (χ0) is 60.5. The van der Waals surface area contributed by atoms with E-state index in [1.165, 1.54) is 42.2 Å². The topological polar surface area (TPSA) is 195 Å². The highest BCUT2D eigenvalue weighted by Crippen LogP contribution is 2.43. The molecule has 2 aliphatic heterocycles. The second-order valence-electron chi connectivity index (χ2n) is 19.5. The van der Waals surface area contributed by atoms with Crippen LogP contribution < -0.4 is 29.4 Å². The first-order valence-corrected chi connectivity index (χ1v) is 29.5. The molecule has 87 heavy (non-hydrogen) atoms. The van der Waals surface area contributed by atoms with E-state index in [4.69, 9.17) is 47.7 Å². The van der Waals surface area contributed by atoms with Crippen LogP contribution >= 0.6 is 23.1 Å². The molecule has 450 valence electrons. The number of oxime groups is 1. The van der Waals surface area contributed by atoms with Gasteiger partial charge in [-0.15, -0.1) is 23.1 Å². The minimum Gasteiger partial charge on any atom is -0.497 e. The van der Waals surface area contributed by atoms with Crippen LogP contribution in [0.4, 0.5) is 13.9 Å². The molecule has 0 radical (unpaired) electrons. The molecule has 0 bridgehead atoms. The lowest BCUT2D eigenvalue weighted by Gasteiger charge is -2.49. The maximum atomic E-state index is 16.6.